The number of rotatable bonds is 0. The average molecular weight is 593 g/mol. The molecule has 2 saturated carbocycles. The number of ketones is 1. The molecular weight excluding hydrogens is 522 g/mol. The van der Waals surface area contributed by atoms with Crippen molar-refractivity contribution in [3.63, 3.8) is 0 Å². The van der Waals surface area contributed by atoms with E-state index < -0.39 is 6.39 Å². The molecule has 0 aromatic rings. The minimum absolute atomic E-state index is 0.181. The van der Waals surface area contributed by atoms with Gasteiger partial charge in [-0.3, -0.25) is 9.59 Å². The van der Waals surface area contributed by atoms with Gasteiger partial charge < -0.3 is 15.6 Å². The average Bonchev–Trinajstić information content (AvgIpc) is 3.71. The van der Waals surface area contributed by atoms with Gasteiger partial charge in [-0.1, -0.05) is 147 Å². The molecule has 246 valence electrons. The fraction of sp³-hybridized carbons (Fsp3) is 0.892. The van der Waals surface area contributed by atoms with E-state index in [1.807, 2.05) is 6.08 Å². The van der Waals surface area contributed by atoms with E-state index in [0.29, 0.717) is 18.0 Å². The molecule has 1 saturated heterocycles. The van der Waals surface area contributed by atoms with E-state index in [9.17, 15) is 9.90 Å². The third-order valence-corrected chi connectivity index (χ3v) is 9.06. The summed E-state index contributed by atoms with van der Waals surface area (Å²) in [5.41, 5.74) is 4.14. The van der Waals surface area contributed by atoms with E-state index in [4.69, 9.17) is 10.9 Å². The number of amides is 1. The minimum Gasteiger partial charge on any atom is -0.389 e. The highest BCUT2D eigenvalue weighted by Gasteiger charge is 2.36. The molecule has 3 atom stereocenters. The van der Waals surface area contributed by atoms with Gasteiger partial charge in [0.1, 0.15) is 7.15 Å². The molecule has 0 spiro atoms. The van der Waals surface area contributed by atoms with Crippen LogP contribution in [0.2, 0.25) is 0 Å². The van der Waals surface area contributed by atoms with Gasteiger partial charge in [0, 0.05) is 12.8 Å². The van der Waals surface area contributed by atoms with Crippen molar-refractivity contribution < 1.29 is 20.8 Å². The number of epoxide rings is 1. The third kappa shape index (κ3) is 26.4. The predicted octanol–water partition coefficient (Wildman–Crippen LogP) is 10.1. The number of allylic oxidation sites excluding steroid dienone is 1. The molecule has 5 heteroatoms. The summed E-state index contributed by atoms with van der Waals surface area (Å²) in [5.74, 6) is 0.501. The number of primary amides is 1. The molecule has 3 N–H and O–H groups in total. The maximum atomic E-state index is 11.3. The lowest BCUT2D eigenvalue weighted by Crippen LogP contribution is -2.01. The van der Waals surface area contributed by atoms with E-state index in [1.54, 1.807) is 0 Å². The van der Waals surface area contributed by atoms with Crippen LogP contribution in [0.3, 0.4) is 0 Å². The van der Waals surface area contributed by atoms with Crippen molar-refractivity contribution in [1.29, 1.82) is 0 Å². The van der Waals surface area contributed by atoms with E-state index in [-0.39, 0.29) is 6.10 Å². The normalized spacial score (nSPS) is 28.5. The lowest BCUT2D eigenvalue weighted by atomic mass is 10.0. The molecule has 4 aliphatic rings. The first-order valence-corrected chi connectivity index (χ1v) is 18.3. The molecule has 42 heavy (non-hydrogen) atoms. The Morgan fingerprint density at radius 2 is 0.952 bits per heavy atom. The van der Waals surface area contributed by atoms with Crippen LogP contribution in [0.15, 0.2) is 12.2 Å². The van der Waals surface area contributed by atoms with Crippen molar-refractivity contribution in [2.24, 2.45) is 5.73 Å². The lowest BCUT2D eigenvalue weighted by molar-refractivity contribution is -0.119. The Morgan fingerprint density at radius 1 is 0.619 bits per heavy atom. The molecule has 1 amide bonds. The summed E-state index contributed by atoms with van der Waals surface area (Å²) in [7, 11) is 0. The number of hydrogen-bond acceptors (Lipinski definition) is 4. The first-order chi connectivity index (χ1) is 21.0. The predicted molar refractivity (Wildman–Crippen MR) is 178 cm³/mol. The van der Waals surface area contributed by atoms with Crippen molar-refractivity contribution in [1.82, 2.24) is 0 Å². The van der Waals surface area contributed by atoms with Crippen LogP contribution < -0.4 is 5.73 Å². The largest absolute Gasteiger partial charge is 0.389 e. The molecule has 0 bridgehead atoms. The second-order valence-corrected chi connectivity index (χ2v) is 13.0. The molecule has 3 unspecified atom stereocenters. The summed E-state index contributed by atoms with van der Waals surface area (Å²) in [6, 6.07) is 0. The number of fused-ring (bicyclic) bond motifs is 1. The van der Waals surface area contributed by atoms with E-state index >= 15 is 0 Å². The summed E-state index contributed by atoms with van der Waals surface area (Å²) in [4.78, 5) is 20.2. The van der Waals surface area contributed by atoms with Gasteiger partial charge in [0.2, 0.25) is 6.39 Å². The van der Waals surface area contributed by atoms with Gasteiger partial charge in [0.05, 0.1) is 18.3 Å². The summed E-state index contributed by atoms with van der Waals surface area (Å²) in [5, 5.41) is 9.51. The van der Waals surface area contributed by atoms with Crippen LogP contribution >= 0.6 is 0 Å². The van der Waals surface area contributed by atoms with Gasteiger partial charge in [-0.25, -0.2) is 0 Å². The number of hydrogen-bond donors (Lipinski definition) is 2. The highest BCUT2D eigenvalue weighted by molar-refractivity contribution is 5.78. The molecule has 0 radical (unpaired) electrons. The van der Waals surface area contributed by atoms with Crippen molar-refractivity contribution in [3.8, 4) is 0 Å². The molecule has 0 aromatic heterocycles. The highest BCUT2D eigenvalue weighted by atomic mass is 16.6. The summed E-state index contributed by atoms with van der Waals surface area (Å²) in [6.07, 6.45) is 43.1. The first-order valence-electron chi connectivity index (χ1n) is 18.8. The summed E-state index contributed by atoms with van der Waals surface area (Å²) < 4.78 is 11.4. The topological polar surface area (TPSA) is 92.9 Å². The van der Waals surface area contributed by atoms with Crippen molar-refractivity contribution in [2.45, 2.75) is 211 Å². The van der Waals surface area contributed by atoms with E-state index in [1.165, 1.54) is 154 Å². The van der Waals surface area contributed by atoms with Crippen LogP contribution in [0.5, 0.6) is 0 Å². The van der Waals surface area contributed by atoms with E-state index in [2.05, 4.69) is 11.8 Å². The Hall–Kier alpha value is -1.20. The minimum atomic E-state index is -1.08. The maximum Gasteiger partial charge on any atom is 0.204 e. The van der Waals surface area contributed by atoms with Crippen LogP contribution in [-0.4, -0.2) is 35.6 Å². The molecule has 4 rings (SSSR count). The molecular formula is C37H69NO4. The van der Waals surface area contributed by atoms with Crippen LogP contribution in [0, 0.1) is 0 Å². The second kappa shape index (κ2) is 29.9. The quantitative estimate of drug-likeness (QED) is 0.166. The van der Waals surface area contributed by atoms with Gasteiger partial charge in [-0.15, -0.1) is 0 Å². The van der Waals surface area contributed by atoms with Crippen LogP contribution in [0.4, 0.5) is 0 Å². The number of carbonyl (C=O) groups excluding carboxylic acids is 2. The van der Waals surface area contributed by atoms with Crippen molar-refractivity contribution in [3.05, 3.63) is 12.2 Å². The molecule has 5 nitrogen and oxygen atoms in total. The van der Waals surface area contributed by atoms with Crippen LogP contribution in [0.1, 0.15) is 194 Å². The number of ether oxygens (including phenoxy) is 1. The van der Waals surface area contributed by atoms with Crippen molar-refractivity contribution in [2.75, 3.05) is 0 Å². The van der Waals surface area contributed by atoms with Gasteiger partial charge in [-0.05, 0) is 44.9 Å². The Bertz CT molecular complexity index is 652. The Morgan fingerprint density at radius 3 is 1.38 bits per heavy atom. The molecule has 1 aliphatic heterocycles. The zero-order chi connectivity index (χ0) is 31.2. The van der Waals surface area contributed by atoms with Gasteiger partial charge in [0.15, 0.2) is 0 Å². The zero-order valence-electron chi connectivity index (χ0n) is 28.3. The molecule has 0 aromatic carbocycles. The SMILES string of the molecule is C1CCCCCC2OC2CCCC1.O=C1CCCCCCCCCCC1.OC1/C=C/CCCCCCCCC1.[2H]C(N)=O. The van der Waals surface area contributed by atoms with E-state index in [0.717, 1.165) is 38.5 Å². The van der Waals surface area contributed by atoms with Gasteiger partial charge in [-0.2, -0.15) is 0 Å². The first kappa shape index (κ1) is 37.0. The van der Waals surface area contributed by atoms with Gasteiger partial charge in [0.25, 0.3) is 0 Å². The fourth-order valence-corrected chi connectivity index (χ4v) is 6.29. The number of aliphatic hydroxyl groups excluding tert-OH is 1. The number of Topliss-reactive ketones (excluding diaryl/α,β-unsaturated/α-hetero) is 1. The van der Waals surface area contributed by atoms with Gasteiger partial charge >= 0.3 is 0 Å². The number of aliphatic hydroxyl groups is 1. The summed E-state index contributed by atoms with van der Waals surface area (Å²) >= 11 is 0. The monoisotopic (exact) mass is 593 g/mol. The van der Waals surface area contributed by atoms with Crippen molar-refractivity contribution >= 4 is 12.2 Å². The van der Waals surface area contributed by atoms with Crippen LogP contribution in [0.25, 0.3) is 0 Å². The fourth-order valence-electron chi connectivity index (χ4n) is 6.29. The highest BCUT2D eigenvalue weighted by Crippen LogP contribution is 2.32. The lowest BCUT2D eigenvalue weighted by Gasteiger charge is -2.07. The third-order valence-electron chi connectivity index (χ3n) is 9.06. The zero-order valence-corrected chi connectivity index (χ0v) is 27.3. The Kier molecular flexibility index (Phi) is 26.3. The molecule has 3 fully saturated rings. The molecule has 3 aliphatic carbocycles. The standard InChI is InChI=1S/3C12H22O.CH3NO/c1-2-4-6-8-10-12-11(13-12)9-7-5-3-1;2*13-12-10-8-6-4-2-1-3-5-7-9-11-12;2-1-3/h11-12H,1-10H2;1-11H2;8,10,12-13H,1-7,9,11H2;1H,(H2,2,3)/b;;10-8+;/i;;;1D. The molecule has 1 heterocycles. The second-order valence-electron chi connectivity index (χ2n) is 13.0. The number of nitrogens with two attached hydrogens (primary N) is 1. The Labute approximate surface area is 261 Å². The Balaban J connectivity index is 0.000000303. The smallest absolute Gasteiger partial charge is 0.204 e. The number of carbonyl (C=O) groups is 2. The van der Waals surface area contributed by atoms with Crippen LogP contribution in [-0.2, 0) is 14.3 Å². The summed E-state index contributed by atoms with van der Waals surface area (Å²) in [6.45, 7) is 0. The maximum absolute atomic E-state index is 11.3.